The number of hydrogen-bond acceptors (Lipinski definition) is 2. The summed E-state index contributed by atoms with van der Waals surface area (Å²) in [5.74, 6) is 1.08. The summed E-state index contributed by atoms with van der Waals surface area (Å²) in [5.41, 5.74) is 0. The number of amides is 1. The lowest BCUT2D eigenvalue weighted by Gasteiger charge is -2.35. The zero-order valence-electron chi connectivity index (χ0n) is 8.92. The predicted molar refractivity (Wildman–Crippen MR) is 53.4 cm³/mol. The molecular formula is C10H20N2O. The molecule has 1 aliphatic heterocycles. The van der Waals surface area contributed by atoms with Crippen LogP contribution < -0.4 is 10.6 Å². The van der Waals surface area contributed by atoms with Gasteiger partial charge in [-0.2, -0.15) is 0 Å². The molecule has 0 saturated carbocycles. The molecule has 0 aliphatic carbocycles. The molecule has 1 fully saturated rings. The molecule has 0 bridgehead atoms. The average Bonchev–Trinajstić information content (AvgIpc) is 2.04. The second-order valence-electron chi connectivity index (χ2n) is 4.48. The largest absolute Gasteiger partial charge is 0.353 e. The fourth-order valence-electron chi connectivity index (χ4n) is 1.61. The van der Waals surface area contributed by atoms with Crippen LogP contribution in [0.3, 0.4) is 0 Å². The monoisotopic (exact) mass is 184 g/mol. The molecule has 0 radical (unpaired) electrons. The highest BCUT2D eigenvalue weighted by atomic mass is 16.2. The van der Waals surface area contributed by atoms with Gasteiger partial charge in [-0.1, -0.05) is 27.7 Å². The second-order valence-corrected chi connectivity index (χ2v) is 4.48. The van der Waals surface area contributed by atoms with Gasteiger partial charge in [0.2, 0.25) is 5.91 Å². The first-order valence-corrected chi connectivity index (χ1v) is 5.06. The van der Waals surface area contributed by atoms with Gasteiger partial charge >= 0.3 is 0 Å². The summed E-state index contributed by atoms with van der Waals surface area (Å²) in [6.45, 7) is 9.25. The first-order chi connectivity index (χ1) is 6.02. The van der Waals surface area contributed by atoms with Gasteiger partial charge in [0.05, 0.1) is 6.04 Å². The molecule has 76 valence electrons. The number of rotatable bonds is 2. The van der Waals surface area contributed by atoms with Gasteiger partial charge in [0.15, 0.2) is 0 Å². The highest BCUT2D eigenvalue weighted by molar-refractivity contribution is 5.82. The van der Waals surface area contributed by atoms with Gasteiger partial charge in [-0.3, -0.25) is 4.79 Å². The Morgan fingerprint density at radius 3 is 2.31 bits per heavy atom. The maximum Gasteiger partial charge on any atom is 0.237 e. The molecule has 0 spiro atoms. The average molecular weight is 184 g/mol. The van der Waals surface area contributed by atoms with Gasteiger partial charge in [0.1, 0.15) is 0 Å². The number of hydrogen-bond donors (Lipinski definition) is 2. The van der Waals surface area contributed by atoms with Gasteiger partial charge < -0.3 is 10.6 Å². The molecule has 3 nitrogen and oxygen atoms in total. The van der Waals surface area contributed by atoms with Crippen LogP contribution in [0, 0.1) is 11.8 Å². The van der Waals surface area contributed by atoms with Crippen LogP contribution in [-0.2, 0) is 4.79 Å². The van der Waals surface area contributed by atoms with Crippen molar-refractivity contribution < 1.29 is 4.79 Å². The van der Waals surface area contributed by atoms with Crippen molar-refractivity contribution in [3.05, 3.63) is 0 Å². The molecule has 2 atom stereocenters. The minimum atomic E-state index is -0.0128. The van der Waals surface area contributed by atoms with Gasteiger partial charge in [0.25, 0.3) is 0 Å². The Bertz CT molecular complexity index is 189. The quantitative estimate of drug-likeness (QED) is 0.665. The standard InChI is InChI=1S/C10H20N2O/c1-6(2)8-5-11-10(13)9(12-8)7(3)4/h6-9,12H,5H2,1-4H3,(H,11,13). The lowest BCUT2D eigenvalue weighted by molar-refractivity contribution is -0.126. The van der Waals surface area contributed by atoms with E-state index in [1.54, 1.807) is 0 Å². The molecule has 3 heteroatoms. The molecule has 1 amide bonds. The van der Waals surface area contributed by atoms with Crippen molar-refractivity contribution in [2.24, 2.45) is 11.8 Å². The van der Waals surface area contributed by atoms with Crippen molar-refractivity contribution in [1.29, 1.82) is 0 Å². The summed E-state index contributed by atoms with van der Waals surface area (Å²) in [5, 5.41) is 6.33. The Kier molecular flexibility index (Phi) is 3.31. The first kappa shape index (κ1) is 10.5. The number of carbonyl (C=O) groups is 1. The third-order valence-electron chi connectivity index (χ3n) is 2.64. The van der Waals surface area contributed by atoms with Crippen LogP contribution in [-0.4, -0.2) is 24.5 Å². The third kappa shape index (κ3) is 2.44. The minimum absolute atomic E-state index is 0.0128. The van der Waals surface area contributed by atoms with Gasteiger partial charge in [-0.15, -0.1) is 0 Å². The number of piperazine rings is 1. The fraction of sp³-hybridized carbons (Fsp3) is 0.900. The van der Waals surface area contributed by atoms with Gasteiger partial charge in [-0.05, 0) is 11.8 Å². The molecule has 1 aliphatic rings. The maximum atomic E-state index is 11.4. The van der Waals surface area contributed by atoms with E-state index in [2.05, 4.69) is 38.3 Å². The van der Waals surface area contributed by atoms with E-state index in [1.807, 2.05) is 0 Å². The molecule has 1 saturated heterocycles. The van der Waals surface area contributed by atoms with E-state index in [4.69, 9.17) is 0 Å². The highest BCUT2D eigenvalue weighted by Crippen LogP contribution is 2.11. The van der Waals surface area contributed by atoms with Crippen LogP contribution >= 0.6 is 0 Å². The van der Waals surface area contributed by atoms with Gasteiger partial charge in [-0.25, -0.2) is 0 Å². The Labute approximate surface area is 80.3 Å². The predicted octanol–water partition coefficient (Wildman–Crippen LogP) is 0.755. The molecular weight excluding hydrogens is 164 g/mol. The van der Waals surface area contributed by atoms with Crippen molar-refractivity contribution in [2.75, 3.05) is 6.54 Å². The van der Waals surface area contributed by atoms with E-state index in [-0.39, 0.29) is 11.9 Å². The summed E-state index contributed by atoms with van der Waals surface area (Å²) in [6.07, 6.45) is 0. The van der Waals surface area contributed by atoms with Crippen molar-refractivity contribution in [2.45, 2.75) is 39.8 Å². The molecule has 0 aromatic rings. The highest BCUT2D eigenvalue weighted by Gasteiger charge is 2.30. The molecule has 1 heterocycles. The summed E-state index contributed by atoms with van der Waals surface area (Å²) >= 11 is 0. The van der Waals surface area contributed by atoms with Crippen molar-refractivity contribution >= 4 is 5.91 Å². The lowest BCUT2D eigenvalue weighted by Crippen LogP contribution is -2.61. The zero-order chi connectivity index (χ0) is 10.0. The molecule has 2 unspecified atom stereocenters. The van der Waals surface area contributed by atoms with E-state index in [0.29, 0.717) is 17.9 Å². The SMILES string of the molecule is CC(C)C1CNC(=O)C(C(C)C)N1. The third-order valence-corrected chi connectivity index (χ3v) is 2.64. The molecule has 1 rings (SSSR count). The second kappa shape index (κ2) is 4.09. The summed E-state index contributed by atoms with van der Waals surface area (Å²) < 4.78 is 0. The van der Waals surface area contributed by atoms with E-state index >= 15 is 0 Å². The Morgan fingerprint density at radius 1 is 1.23 bits per heavy atom. The van der Waals surface area contributed by atoms with Crippen LogP contribution in [0.4, 0.5) is 0 Å². The van der Waals surface area contributed by atoms with Crippen molar-refractivity contribution in [1.82, 2.24) is 10.6 Å². The van der Waals surface area contributed by atoms with Crippen LogP contribution in [0.1, 0.15) is 27.7 Å². The fourth-order valence-corrected chi connectivity index (χ4v) is 1.61. The zero-order valence-corrected chi connectivity index (χ0v) is 8.92. The molecule has 0 aromatic carbocycles. The summed E-state index contributed by atoms with van der Waals surface area (Å²) in [4.78, 5) is 11.4. The summed E-state index contributed by atoms with van der Waals surface area (Å²) in [7, 11) is 0. The van der Waals surface area contributed by atoms with E-state index < -0.39 is 0 Å². The Morgan fingerprint density at radius 2 is 1.85 bits per heavy atom. The Balaban J connectivity index is 2.58. The molecule has 2 N–H and O–H groups in total. The molecule has 13 heavy (non-hydrogen) atoms. The topological polar surface area (TPSA) is 41.1 Å². The van der Waals surface area contributed by atoms with Crippen LogP contribution in [0.5, 0.6) is 0 Å². The minimum Gasteiger partial charge on any atom is -0.353 e. The lowest BCUT2D eigenvalue weighted by atomic mass is 9.95. The maximum absolute atomic E-state index is 11.4. The van der Waals surface area contributed by atoms with Crippen molar-refractivity contribution in [3.63, 3.8) is 0 Å². The Hall–Kier alpha value is -0.570. The normalized spacial score (nSPS) is 29.5. The van der Waals surface area contributed by atoms with Crippen LogP contribution in [0.15, 0.2) is 0 Å². The van der Waals surface area contributed by atoms with Gasteiger partial charge in [0, 0.05) is 12.6 Å². The number of carbonyl (C=O) groups excluding carboxylic acids is 1. The van der Waals surface area contributed by atoms with Crippen molar-refractivity contribution in [3.8, 4) is 0 Å². The summed E-state index contributed by atoms with van der Waals surface area (Å²) in [6, 6.07) is 0.409. The smallest absolute Gasteiger partial charge is 0.237 e. The number of nitrogens with one attached hydrogen (secondary N) is 2. The van der Waals surface area contributed by atoms with Crippen LogP contribution in [0.25, 0.3) is 0 Å². The van der Waals surface area contributed by atoms with E-state index in [0.717, 1.165) is 6.54 Å². The van der Waals surface area contributed by atoms with Crippen LogP contribution in [0.2, 0.25) is 0 Å². The first-order valence-electron chi connectivity index (χ1n) is 5.06. The van der Waals surface area contributed by atoms with E-state index in [9.17, 15) is 4.79 Å². The van der Waals surface area contributed by atoms with E-state index in [1.165, 1.54) is 0 Å². The molecule has 0 aromatic heterocycles.